The Morgan fingerprint density at radius 3 is 2.83 bits per heavy atom. The molecule has 3 aromatic rings. The van der Waals surface area contributed by atoms with Crippen molar-refractivity contribution in [2.45, 2.75) is 24.6 Å². The number of thioether (sulfide) groups is 1. The first-order valence-electron chi connectivity index (χ1n) is 9.07. The minimum absolute atomic E-state index is 0.107. The number of para-hydroxylation sites is 2. The molecule has 0 saturated heterocycles. The number of halogens is 1. The van der Waals surface area contributed by atoms with E-state index in [9.17, 15) is 14.0 Å². The Hall–Kier alpha value is -3.13. The molecule has 29 heavy (non-hydrogen) atoms. The number of anilines is 2. The average Bonchev–Trinajstić information content (AvgIpc) is 3.12. The standard InChI is InChI=1S/C21H18FN3O3S/c1-13-10-19(26)24-16-4-2-3-5-17(16)25(13)20(27)12-29-21-23-11-18(28-21)14-6-8-15(22)9-7-14/h2-9,11,13H,10,12H2,1H3,(H,24,26)/t13-/m0/s1. The monoisotopic (exact) mass is 411 g/mol. The van der Waals surface area contributed by atoms with E-state index in [-0.39, 0.29) is 35.8 Å². The molecule has 0 fully saturated rings. The molecule has 2 aromatic carbocycles. The highest BCUT2D eigenvalue weighted by molar-refractivity contribution is 7.99. The van der Waals surface area contributed by atoms with Gasteiger partial charge in [-0.15, -0.1) is 0 Å². The van der Waals surface area contributed by atoms with Gasteiger partial charge in [-0.1, -0.05) is 23.9 Å². The molecule has 4 rings (SSSR count). The summed E-state index contributed by atoms with van der Waals surface area (Å²) in [6, 6.07) is 12.9. The van der Waals surface area contributed by atoms with E-state index in [1.165, 1.54) is 23.9 Å². The highest BCUT2D eigenvalue weighted by Crippen LogP contribution is 2.32. The van der Waals surface area contributed by atoms with Gasteiger partial charge in [0, 0.05) is 18.0 Å². The normalized spacial score (nSPS) is 16.1. The number of nitrogens with zero attached hydrogens (tertiary/aromatic N) is 2. The number of carbonyl (C=O) groups is 2. The second-order valence-corrected chi connectivity index (χ2v) is 7.59. The minimum Gasteiger partial charge on any atom is -0.431 e. The van der Waals surface area contributed by atoms with E-state index < -0.39 is 0 Å². The van der Waals surface area contributed by atoms with Crippen molar-refractivity contribution in [3.63, 3.8) is 0 Å². The Morgan fingerprint density at radius 1 is 1.28 bits per heavy atom. The van der Waals surface area contributed by atoms with Crippen LogP contribution in [0.3, 0.4) is 0 Å². The minimum atomic E-state index is -0.326. The van der Waals surface area contributed by atoms with Gasteiger partial charge in [-0.05, 0) is 43.3 Å². The molecule has 8 heteroatoms. The van der Waals surface area contributed by atoms with Gasteiger partial charge in [-0.3, -0.25) is 9.59 Å². The summed E-state index contributed by atoms with van der Waals surface area (Å²) in [6.45, 7) is 1.85. The van der Waals surface area contributed by atoms with Crippen LogP contribution in [0.5, 0.6) is 0 Å². The molecule has 1 N–H and O–H groups in total. The number of rotatable bonds is 4. The molecule has 1 aromatic heterocycles. The molecule has 1 atom stereocenters. The summed E-state index contributed by atoms with van der Waals surface area (Å²) in [6.07, 6.45) is 1.77. The highest BCUT2D eigenvalue weighted by Gasteiger charge is 2.29. The number of hydrogen-bond donors (Lipinski definition) is 1. The van der Waals surface area contributed by atoms with E-state index in [2.05, 4.69) is 10.3 Å². The fourth-order valence-electron chi connectivity index (χ4n) is 3.23. The summed E-state index contributed by atoms with van der Waals surface area (Å²) in [5.41, 5.74) is 2.00. The largest absolute Gasteiger partial charge is 0.431 e. The fraction of sp³-hybridized carbons (Fsp3) is 0.190. The third kappa shape index (κ3) is 4.17. The number of fused-ring (bicyclic) bond motifs is 1. The van der Waals surface area contributed by atoms with Crippen molar-refractivity contribution in [1.29, 1.82) is 0 Å². The van der Waals surface area contributed by atoms with Gasteiger partial charge in [0.1, 0.15) is 5.82 Å². The Kier molecular flexibility index (Phi) is 5.35. The smallest absolute Gasteiger partial charge is 0.256 e. The van der Waals surface area contributed by atoms with Crippen molar-refractivity contribution < 1.29 is 18.4 Å². The van der Waals surface area contributed by atoms with Crippen molar-refractivity contribution in [3.05, 3.63) is 60.5 Å². The Morgan fingerprint density at radius 2 is 2.03 bits per heavy atom. The summed E-state index contributed by atoms with van der Waals surface area (Å²) >= 11 is 1.18. The Bertz CT molecular complexity index is 1050. The van der Waals surface area contributed by atoms with E-state index in [1.54, 1.807) is 29.3 Å². The summed E-state index contributed by atoms with van der Waals surface area (Å²) in [4.78, 5) is 30.9. The van der Waals surface area contributed by atoms with Crippen LogP contribution in [0.2, 0.25) is 0 Å². The van der Waals surface area contributed by atoms with Crippen molar-refractivity contribution in [2.75, 3.05) is 16.0 Å². The van der Waals surface area contributed by atoms with Crippen LogP contribution in [0.25, 0.3) is 11.3 Å². The van der Waals surface area contributed by atoms with Gasteiger partial charge >= 0.3 is 0 Å². The predicted molar refractivity (Wildman–Crippen MR) is 109 cm³/mol. The van der Waals surface area contributed by atoms with Crippen LogP contribution in [0.15, 0.2) is 64.4 Å². The van der Waals surface area contributed by atoms with Gasteiger partial charge in [-0.25, -0.2) is 9.37 Å². The number of nitrogens with one attached hydrogen (secondary N) is 1. The molecule has 0 spiro atoms. The molecule has 148 valence electrons. The summed E-state index contributed by atoms with van der Waals surface area (Å²) in [5, 5.41) is 3.19. The molecule has 1 aliphatic heterocycles. The van der Waals surface area contributed by atoms with Gasteiger partial charge in [0.05, 0.1) is 23.3 Å². The molecule has 2 heterocycles. The molecular formula is C21H18FN3O3S. The third-order valence-electron chi connectivity index (χ3n) is 4.56. The lowest BCUT2D eigenvalue weighted by Gasteiger charge is -2.27. The fourth-order valence-corrected chi connectivity index (χ4v) is 3.90. The van der Waals surface area contributed by atoms with Gasteiger partial charge < -0.3 is 14.6 Å². The molecule has 0 unspecified atom stereocenters. The first kappa shape index (κ1) is 19.2. The zero-order valence-electron chi connectivity index (χ0n) is 15.6. The van der Waals surface area contributed by atoms with Gasteiger partial charge in [0.15, 0.2) is 5.76 Å². The van der Waals surface area contributed by atoms with E-state index in [0.717, 1.165) is 0 Å². The quantitative estimate of drug-likeness (QED) is 0.647. The molecule has 0 bridgehead atoms. The number of aromatic nitrogens is 1. The van der Waals surface area contributed by atoms with Crippen LogP contribution in [0, 0.1) is 5.82 Å². The lowest BCUT2D eigenvalue weighted by atomic mass is 10.2. The molecule has 2 amide bonds. The molecule has 0 radical (unpaired) electrons. The van der Waals surface area contributed by atoms with Gasteiger partial charge in [0.25, 0.3) is 5.22 Å². The van der Waals surface area contributed by atoms with Crippen molar-refractivity contribution in [3.8, 4) is 11.3 Å². The maximum atomic E-state index is 13.1. The van der Waals surface area contributed by atoms with Crippen LogP contribution in [0.4, 0.5) is 15.8 Å². The van der Waals surface area contributed by atoms with Gasteiger partial charge in [-0.2, -0.15) is 0 Å². The first-order chi connectivity index (χ1) is 14.0. The Labute approximate surface area is 171 Å². The molecular weight excluding hydrogens is 393 g/mol. The summed E-state index contributed by atoms with van der Waals surface area (Å²) in [5.74, 6) is 0.0185. The van der Waals surface area contributed by atoms with Crippen molar-refractivity contribution in [2.24, 2.45) is 0 Å². The van der Waals surface area contributed by atoms with E-state index in [4.69, 9.17) is 4.42 Å². The van der Waals surface area contributed by atoms with Crippen LogP contribution >= 0.6 is 11.8 Å². The maximum Gasteiger partial charge on any atom is 0.256 e. The van der Waals surface area contributed by atoms with E-state index in [1.807, 2.05) is 25.1 Å². The second-order valence-electron chi connectivity index (χ2n) is 6.67. The first-order valence-corrected chi connectivity index (χ1v) is 10.1. The zero-order valence-corrected chi connectivity index (χ0v) is 16.4. The predicted octanol–water partition coefficient (Wildman–Crippen LogP) is 4.34. The molecule has 0 saturated carbocycles. The summed E-state index contributed by atoms with van der Waals surface area (Å²) in [7, 11) is 0. The Balaban J connectivity index is 1.48. The molecule has 1 aliphatic rings. The molecule has 6 nitrogen and oxygen atoms in total. The molecule has 0 aliphatic carbocycles. The van der Waals surface area contributed by atoms with Crippen LogP contribution in [-0.4, -0.2) is 28.6 Å². The highest BCUT2D eigenvalue weighted by atomic mass is 32.2. The van der Waals surface area contributed by atoms with Crippen LogP contribution < -0.4 is 10.2 Å². The number of carbonyl (C=O) groups excluding carboxylic acids is 2. The summed E-state index contributed by atoms with van der Waals surface area (Å²) < 4.78 is 18.7. The van der Waals surface area contributed by atoms with Crippen molar-refractivity contribution in [1.82, 2.24) is 4.98 Å². The van der Waals surface area contributed by atoms with E-state index in [0.29, 0.717) is 27.9 Å². The van der Waals surface area contributed by atoms with E-state index >= 15 is 0 Å². The number of amides is 2. The number of benzene rings is 2. The second kappa shape index (κ2) is 8.08. The maximum absolute atomic E-state index is 13.1. The van der Waals surface area contributed by atoms with Crippen molar-refractivity contribution >= 4 is 35.0 Å². The number of hydrogen-bond acceptors (Lipinski definition) is 5. The third-order valence-corrected chi connectivity index (χ3v) is 5.39. The average molecular weight is 411 g/mol. The van der Waals surface area contributed by atoms with Crippen LogP contribution in [-0.2, 0) is 9.59 Å². The van der Waals surface area contributed by atoms with Gasteiger partial charge in [0.2, 0.25) is 11.8 Å². The SMILES string of the molecule is C[C@H]1CC(=O)Nc2ccccc2N1C(=O)CSc1ncc(-c2ccc(F)cc2)o1. The lowest BCUT2D eigenvalue weighted by molar-refractivity contribution is -0.117. The number of oxazole rings is 1. The topological polar surface area (TPSA) is 75.4 Å². The zero-order chi connectivity index (χ0) is 20.4. The van der Waals surface area contributed by atoms with Crippen LogP contribution in [0.1, 0.15) is 13.3 Å². The lowest BCUT2D eigenvalue weighted by Crippen LogP contribution is -2.40.